The Morgan fingerprint density at radius 3 is 2.92 bits per heavy atom. The largest absolute Gasteiger partial charge is 0.326 e. The zero-order chi connectivity index (χ0) is 17.8. The van der Waals surface area contributed by atoms with Crippen molar-refractivity contribution in [1.29, 1.82) is 0 Å². The lowest BCUT2D eigenvalue weighted by Gasteiger charge is -2.36. The molecule has 0 saturated carbocycles. The van der Waals surface area contributed by atoms with Gasteiger partial charge in [-0.05, 0) is 37.9 Å². The molecule has 2 aromatic rings. The number of halogens is 1. The van der Waals surface area contributed by atoms with Crippen LogP contribution in [-0.2, 0) is 17.8 Å². The number of aromatic amines is 1. The van der Waals surface area contributed by atoms with E-state index in [4.69, 9.17) is 0 Å². The molecule has 1 aliphatic rings. The second-order valence-corrected chi connectivity index (χ2v) is 6.64. The van der Waals surface area contributed by atoms with E-state index >= 15 is 0 Å². The van der Waals surface area contributed by atoms with Gasteiger partial charge < -0.3 is 4.98 Å². The van der Waals surface area contributed by atoms with Gasteiger partial charge in [-0.3, -0.25) is 19.5 Å². The van der Waals surface area contributed by atoms with Gasteiger partial charge in [0.15, 0.2) is 0 Å². The van der Waals surface area contributed by atoms with Gasteiger partial charge in [-0.1, -0.05) is 18.2 Å². The third-order valence-corrected chi connectivity index (χ3v) is 4.93. The number of benzene rings is 1. The number of carbonyl (C=O) groups is 1. The zero-order valence-corrected chi connectivity index (χ0v) is 14.2. The molecule has 0 spiro atoms. The molecule has 0 aliphatic carbocycles. The predicted octanol–water partition coefficient (Wildman–Crippen LogP) is 2.32. The average Bonchev–Trinajstić information content (AvgIpc) is 2.60. The third-order valence-electron chi connectivity index (χ3n) is 4.93. The average molecular weight is 343 g/mol. The van der Waals surface area contributed by atoms with Crippen molar-refractivity contribution in [1.82, 2.24) is 14.9 Å². The van der Waals surface area contributed by atoms with Gasteiger partial charge in [-0.15, -0.1) is 0 Å². The first kappa shape index (κ1) is 17.5. The Balaban J connectivity index is 1.60. The van der Waals surface area contributed by atoms with Crippen molar-refractivity contribution in [2.75, 3.05) is 6.54 Å². The molecule has 2 unspecified atom stereocenters. The number of aromatic nitrogens is 2. The van der Waals surface area contributed by atoms with Gasteiger partial charge in [0.25, 0.3) is 5.56 Å². The molecule has 1 fully saturated rings. The number of Topliss-reactive ketones (excluding diaryl/α,β-unsaturated/α-hetero) is 1. The third kappa shape index (κ3) is 4.20. The Kier molecular flexibility index (Phi) is 5.38. The fourth-order valence-corrected chi connectivity index (χ4v) is 3.41. The molecule has 132 valence electrons. The van der Waals surface area contributed by atoms with E-state index in [1.165, 1.54) is 12.3 Å². The highest BCUT2D eigenvalue weighted by Gasteiger charge is 2.30. The topological polar surface area (TPSA) is 66.1 Å². The molecule has 1 aromatic carbocycles. The van der Waals surface area contributed by atoms with Crippen LogP contribution in [0.3, 0.4) is 0 Å². The van der Waals surface area contributed by atoms with E-state index in [-0.39, 0.29) is 35.5 Å². The molecule has 0 radical (unpaired) electrons. The second kappa shape index (κ2) is 7.70. The molecule has 25 heavy (non-hydrogen) atoms. The summed E-state index contributed by atoms with van der Waals surface area (Å²) in [4.78, 5) is 33.2. The maximum atomic E-state index is 13.7. The predicted molar refractivity (Wildman–Crippen MR) is 92.6 cm³/mol. The van der Waals surface area contributed by atoms with Crippen molar-refractivity contribution >= 4 is 5.78 Å². The Morgan fingerprint density at radius 1 is 1.40 bits per heavy atom. The quantitative estimate of drug-likeness (QED) is 0.905. The number of likely N-dealkylation sites (tertiary alicyclic amines) is 1. The Labute approximate surface area is 145 Å². The van der Waals surface area contributed by atoms with Crippen LogP contribution in [0.1, 0.15) is 31.0 Å². The maximum Gasteiger partial charge on any atom is 0.270 e. The molecule has 2 heterocycles. The van der Waals surface area contributed by atoms with Crippen LogP contribution < -0.4 is 5.56 Å². The number of piperidine rings is 1. The van der Waals surface area contributed by atoms with Crippen LogP contribution in [0.5, 0.6) is 0 Å². The number of rotatable bonds is 5. The molecule has 0 bridgehead atoms. The smallest absolute Gasteiger partial charge is 0.270 e. The lowest BCUT2D eigenvalue weighted by Crippen LogP contribution is -2.43. The first-order valence-corrected chi connectivity index (χ1v) is 8.57. The minimum atomic E-state index is -0.323. The fraction of sp³-hybridized carbons (Fsp3) is 0.421. The van der Waals surface area contributed by atoms with Gasteiger partial charge in [-0.2, -0.15) is 0 Å². The highest BCUT2D eigenvalue weighted by molar-refractivity contribution is 5.83. The first-order valence-electron chi connectivity index (χ1n) is 8.57. The van der Waals surface area contributed by atoms with Crippen molar-refractivity contribution < 1.29 is 9.18 Å². The van der Waals surface area contributed by atoms with Crippen molar-refractivity contribution in [2.24, 2.45) is 5.92 Å². The minimum Gasteiger partial charge on any atom is -0.326 e. The molecule has 6 heteroatoms. The highest BCUT2D eigenvalue weighted by Crippen LogP contribution is 2.26. The molecular formula is C19H22FN3O2. The monoisotopic (exact) mass is 343 g/mol. The zero-order valence-electron chi connectivity index (χ0n) is 14.2. The number of nitrogens with one attached hydrogen (secondary N) is 1. The van der Waals surface area contributed by atoms with Crippen LogP contribution >= 0.6 is 0 Å². The Morgan fingerprint density at radius 2 is 2.20 bits per heavy atom. The van der Waals surface area contributed by atoms with E-state index in [0.29, 0.717) is 17.8 Å². The summed E-state index contributed by atoms with van der Waals surface area (Å²) in [7, 11) is 0. The van der Waals surface area contributed by atoms with Gasteiger partial charge in [-0.25, -0.2) is 4.39 Å². The highest BCUT2D eigenvalue weighted by atomic mass is 19.1. The summed E-state index contributed by atoms with van der Waals surface area (Å²) in [5, 5.41) is 0. The Hall–Kier alpha value is -2.34. The minimum absolute atomic E-state index is 0.0622. The van der Waals surface area contributed by atoms with E-state index in [0.717, 1.165) is 19.4 Å². The molecule has 2 atom stereocenters. The standard InChI is InChI=1S/C19H22FN3O2/c1-13-10-15(18(24)11-14-4-2-3-5-16(14)20)6-9-23(13)12-17-19(25)22-8-7-21-17/h2-5,7-8,13,15H,6,9-12H2,1H3,(H,22,25). The summed E-state index contributed by atoms with van der Waals surface area (Å²) in [5.74, 6) is -0.295. The lowest BCUT2D eigenvalue weighted by atomic mass is 9.85. The van der Waals surface area contributed by atoms with E-state index in [9.17, 15) is 14.0 Å². The summed E-state index contributed by atoms with van der Waals surface area (Å²) in [6.45, 7) is 3.26. The lowest BCUT2D eigenvalue weighted by molar-refractivity contribution is -0.124. The van der Waals surface area contributed by atoms with Gasteiger partial charge >= 0.3 is 0 Å². The number of H-pyrrole nitrogens is 1. The van der Waals surface area contributed by atoms with Crippen LogP contribution in [0.25, 0.3) is 0 Å². The van der Waals surface area contributed by atoms with Gasteiger partial charge in [0.2, 0.25) is 0 Å². The van der Waals surface area contributed by atoms with Crippen molar-refractivity contribution in [3.8, 4) is 0 Å². The molecule has 3 rings (SSSR count). The number of hydrogen-bond acceptors (Lipinski definition) is 4. The normalized spacial score (nSPS) is 21.2. The summed E-state index contributed by atoms with van der Waals surface area (Å²) in [6, 6.07) is 6.60. The van der Waals surface area contributed by atoms with E-state index in [2.05, 4.69) is 21.8 Å². The van der Waals surface area contributed by atoms with Gasteiger partial charge in [0.1, 0.15) is 17.3 Å². The second-order valence-electron chi connectivity index (χ2n) is 6.64. The fourth-order valence-electron chi connectivity index (χ4n) is 3.41. The summed E-state index contributed by atoms with van der Waals surface area (Å²) < 4.78 is 13.7. The van der Waals surface area contributed by atoms with Gasteiger partial charge in [0.05, 0.1) is 0 Å². The van der Waals surface area contributed by atoms with Gasteiger partial charge in [0, 0.05) is 37.3 Å². The summed E-state index contributed by atoms with van der Waals surface area (Å²) in [6.07, 6.45) is 4.68. The molecular weight excluding hydrogens is 321 g/mol. The molecule has 1 aliphatic heterocycles. The van der Waals surface area contributed by atoms with E-state index in [1.54, 1.807) is 24.4 Å². The summed E-state index contributed by atoms with van der Waals surface area (Å²) in [5.41, 5.74) is 0.778. The van der Waals surface area contributed by atoms with Crippen molar-refractivity contribution in [3.63, 3.8) is 0 Å². The number of nitrogens with zero attached hydrogens (tertiary/aromatic N) is 2. The molecule has 0 amide bonds. The Bertz CT molecular complexity index is 805. The van der Waals surface area contributed by atoms with E-state index < -0.39 is 0 Å². The number of hydrogen-bond donors (Lipinski definition) is 1. The first-order chi connectivity index (χ1) is 12.0. The van der Waals surface area contributed by atoms with Crippen LogP contribution in [-0.4, -0.2) is 33.2 Å². The maximum absolute atomic E-state index is 13.7. The van der Waals surface area contributed by atoms with Crippen LogP contribution in [0.2, 0.25) is 0 Å². The molecule has 1 aromatic heterocycles. The number of carbonyl (C=O) groups excluding carboxylic acids is 1. The number of ketones is 1. The van der Waals surface area contributed by atoms with Crippen molar-refractivity contribution in [3.05, 3.63) is 64.1 Å². The van der Waals surface area contributed by atoms with Crippen molar-refractivity contribution in [2.45, 2.75) is 38.8 Å². The van der Waals surface area contributed by atoms with E-state index in [1.807, 2.05) is 0 Å². The SMILES string of the molecule is CC1CC(C(=O)Cc2ccccc2F)CCN1Cc1ncc[nH]c1=O. The van der Waals surface area contributed by atoms with Crippen LogP contribution in [0, 0.1) is 11.7 Å². The van der Waals surface area contributed by atoms with Crippen LogP contribution in [0.4, 0.5) is 4.39 Å². The summed E-state index contributed by atoms with van der Waals surface area (Å²) >= 11 is 0. The molecule has 1 N–H and O–H groups in total. The molecule has 1 saturated heterocycles. The van der Waals surface area contributed by atoms with Crippen LogP contribution in [0.15, 0.2) is 41.5 Å². The molecule has 5 nitrogen and oxygen atoms in total.